The van der Waals surface area contributed by atoms with Gasteiger partial charge in [-0.2, -0.15) is 0 Å². The average Bonchev–Trinajstić information content (AvgIpc) is 2.87. The monoisotopic (exact) mass is 449 g/mol. The molecule has 0 unspecified atom stereocenters. The molecule has 5 aromatic rings. The van der Waals surface area contributed by atoms with Crippen LogP contribution in [0, 0.1) is 0 Å². The largest absolute Gasteiger partial charge is 0.493 e. The number of carbonyl (C=O) groups excluding carboxylic acids is 1. The van der Waals surface area contributed by atoms with Crippen molar-refractivity contribution in [3.63, 3.8) is 0 Å². The van der Waals surface area contributed by atoms with Crippen molar-refractivity contribution < 1.29 is 14.3 Å². The van der Waals surface area contributed by atoms with Crippen molar-refractivity contribution in [2.75, 3.05) is 12.4 Å². The van der Waals surface area contributed by atoms with Crippen molar-refractivity contribution in [3.05, 3.63) is 102 Å². The summed E-state index contributed by atoms with van der Waals surface area (Å²) in [6, 6.07) is 27.0. The Bertz CT molecular complexity index is 1480. The molecule has 2 aromatic heterocycles. The van der Waals surface area contributed by atoms with Crippen LogP contribution in [0.15, 0.2) is 91.1 Å². The van der Waals surface area contributed by atoms with Crippen molar-refractivity contribution in [1.82, 2.24) is 9.97 Å². The third-order valence-electron chi connectivity index (χ3n) is 5.55. The van der Waals surface area contributed by atoms with Gasteiger partial charge >= 0.3 is 0 Å². The molecule has 168 valence electrons. The summed E-state index contributed by atoms with van der Waals surface area (Å²) >= 11 is 0. The van der Waals surface area contributed by atoms with Crippen molar-refractivity contribution in [3.8, 4) is 11.5 Å². The Balaban J connectivity index is 1.30. The molecule has 6 nitrogen and oxygen atoms in total. The summed E-state index contributed by atoms with van der Waals surface area (Å²) in [5.41, 5.74) is 4.06. The van der Waals surface area contributed by atoms with Gasteiger partial charge in [-0.05, 0) is 35.9 Å². The number of benzene rings is 3. The highest BCUT2D eigenvalue weighted by Crippen LogP contribution is 2.31. The van der Waals surface area contributed by atoms with Crippen LogP contribution in [0.2, 0.25) is 0 Å². The molecule has 0 fully saturated rings. The quantitative estimate of drug-likeness (QED) is 0.353. The number of anilines is 1. The summed E-state index contributed by atoms with van der Waals surface area (Å²) in [5, 5.41) is 5.04. The van der Waals surface area contributed by atoms with Gasteiger partial charge in [-0.25, -0.2) is 4.98 Å². The van der Waals surface area contributed by atoms with Gasteiger partial charge in [-0.1, -0.05) is 48.5 Å². The first-order valence-corrected chi connectivity index (χ1v) is 11.0. The van der Waals surface area contributed by atoms with Crippen LogP contribution in [0.3, 0.4) is 0 Å². The number of aromatic nitrogens is 2. The van der Waals surface area contributed by atoms with Gasteiger partial charge in [0.2, 0.25) is 5.91 Å². The van der Waals surface area contributed by atoms with Crippen LogP contribution < -0.4 is 14.8 Å². The standard InChI is InChI=1S/C28H23N3O3/c1-33-25-14-13-22(31-27(32)16-21-8-4-7-20-9-5-15-29-28(20)21)17-26(25)34-18-23-12-11-19-6-2-3-10-24(19)30-23/h2-15,17H,16,18H2,1H3,(H,31,32). The maximum Gasteiger partial charge on any atom is 0.228 e. The predicted molar refractivity (Wildman–Crippen MR) is 133 cm³/mol. The summed E-state index contributed by atoms with van der Waals surface area (Å²) < 4.78 is 11.5. The van der Waals surface area contributed by atoms with E-state index in [9.17, 15) is 4.79 Å². The van der Waals surface area contributed by atoms with Crippen molar-refractivity contribution in [1.29, 1.82) is 0 Å². The third kappa shape index (κ3) is 4.66. The van der Waals surface area contributed by atoms with Crippen LogP contribution in [0.1, 0.15) is 11.3 Å². The fourth-order valence-electron chi connectivity index (χ4n) is 3.90. The number of pyridine rings is 2. The van der Waals surface area contributed by atoms with Crippen LogP contribution in [0.25, 0.3) is 21.8 Å². The van der Waals surface area contributed by atoms with Gasteiger partial charge in [-0.3, -0.25) is 9.78 Å². The minimum Gasteiger partial charge on any atom is -0.493 e. The van der Waals surface area contributed by atoms with Crippen molar-refractivity contribution in [2.45, 2.75) is 13.0 Å². The van der Waals surface area contributed by atoms with E-state index >= 15 is 0 Å². The Hall–Kier alpha value is -4.45. The lowest BCUT2D eigenvalue weighted by Gasteiger charge is -2.13. The third-order valence-corrected chi connectivity index (χ3v) is 5.55. The molecule has 1 amide bonds. The van der Waals surface area contributed by atoms with E-state index in [0.717, 1.165) is 33.1 Å². The first kappa shape index (κ1) is 21.4. The highest BCUT2D eigenvalue weighted by Gasteiger charge is 2.12. The summed E-state index contributed by atoms with van der Waals surface area (Å²) in [6.07, 6.45) is 1.96. The summed E-state index contributed by atoms with van der Waals surface area (Å²) in [6.45, 7) is 0.278. The van der Waals surface area contributed by atoms with E-state index in [1.165, 1.54) is 0 Å². The molecular weight excluding hydrogens is 426 g/mol. The van der Waals surface area contributed by atoms with Gasteiger partial charge < -0.3 is 14.8 Å². The van der Waals surface area contributed by atoms with Crippen molar-refractivity contribution >= 4 is 33.4 Å². The molecule has 0 atom stereocenters. The second-order valence-corrected chi connectivity index (χ2v) is 7.87. The van der Waals surface area contributed by atoms with Crippen molar-refractivity contribution in [2.24, 2.45) is 0 Å². The SMILES string of the molecule is COc1ccc(NC(=O)Cc2cccc3cccnc23)cc1OCc1ccc2ccccc2n1. The van der Waals surface area contributed by atoms with Gasteiger partial charge in [0.15, 0.2) is 11.5 Å². The molecule has 0 aliphatic rings. The summed E-state index contributed by atoms with van der Waals surface area (Å²) in [5.74, 6) is 0.976. The van der Waals surface area contributed by atoms with Gasteiger partial charge in [0.05, 0.1) is 30.3 Å². The number of ether oxygens (including phenoxy) is 2. The van der Waals surface area contributed by atoms with E-state index in [1.54, 1.807) is 31.5 Å². The van der Waals surface area contributed by atoms with Crippen LogP contribution >= 0.6 is 0 Å². The normalized spacial score (nSPS) is 10.9. The second-order valence-electron chi connectivity index (χ2n) is 7.87. The fraction of sp³-hybridized carbons (Fsp3) is 0.107. The Morgan fingerprint density at radius 2 is 1.74 bits per heavy atom. The van der Waals surface area contributed by atoms with Crippen LogP contribution in [-0.2, 0) is 17.8 Å². The molecule has 0 bridgehead atoms. The number of methoxy groups -OCH3 is 1. The van der Waals surface area contributed by atoms with E-state index in [0.29, 0.717) is 17.2 Å². The minimum absolute atomic E-state index is 0.134. The number of amides is 1. The smallest absolute Gasteiger partial charge is 0.228 e. The molecular formula is C28H23N3O3. The van der Waals surface area contributed by atoms with Crippen LogP contribution in [-0.4, -0.2) is 23.0 Å². The number of para-hydroxylation sites is 2. The number of nitrogens with one attached hydrogen (secondary N) is 1. The average molecular weight is 450 g/mol. The van der Waals surface area contributed by atoms with E-state index in [2.05, 4.69) is 15.3 Å². The molecule has 0 aliphatic carbocycles. The fourth-order valence-corrected chi connectivity index (χ4v) is 3.90. The lowest BCUT2D eigenvalue weighted by Crippen LogP contribution is -2.15. The molecule has 6 heteroatoms. The number of rotatable bonds is 7. The zero-order chi connectivity index (χ0) is 23.3. The molecule has 5 rings (SSSR count). The topological polar surface area (TPSA) is 73.3 Å². The number of fused-ring (bicyclic) bond motifs is 2. The molecule has 0 radical (unpaired) electrons. The van der Waals surface area contributed by atoms with Gasteiger partial charge in [-0.15, -0.1) is 0 Å². The number of hydrogen-bond acceptors (Lipinski definition) is 5. The molecule has 34 heavy (non-hydrogen) atoms. The van der Waals surface area contributed by atoms with E-state index in [1.807, 2.05) is 66.7 Å². The Kier molecular flexibility index (Phi) is 6.03. The maximum absolute atomic E-state index is 12.8. The zero-order valence-corrected chi connectivity index (χ0v) is 18.7. The Morgan fingerprint density at radius 3 is 2.65 bits per heavy atom. The number of carbonyl (C=O) groups is 1. The lowest BCUT2D eigenvalue weighted by molar-refractivity contribution is -0.115. The molecule has 0 aliphatic heterocycles. The van der Waals surface area contributed by atoms with E-state index < -0.39 is 0 Å². The van der Waals surface area contributed by atoms with Gasteiger partial charge in [0, 0.05) is 28.7 Å². The number of hydrogen-bond donors (Lipinski definition) is 1. The molecule has 3 aromatic carbocycles. The first-order valence-electron chi connectivity index (χ1n) is 11.0. The van der Waals surface area contributed by atoms with Crippen LogP contribution in [0.5, 0.6) is 11.5 Å². The maximum atomic E-state index is 12.8. The Labute approximate surface area is 197 Å². The highest BCUT2D eigenvalue weighted by atomic mass is 16.5. The van der Waals surface area contributed by atoms with Gasteiger partial charge in [0.25, 0.3) is 0 Å². The molecule has 0 spiro atoms. The molecule has 0 saturated heterocycles. The van der Waals surface area contributed by atoms with Crippen LogP contribution in [0.4, 0.5) is 5.69 Å². The minimum atomic E-state index is -0.134. The zero-order valence-electron chi connectivity index (χ0n) is 18.7. The molecule has 0 saturated carbocycles. The summed E-state index contributed by atoms with van der Waals surface area (Å²) in [7, 11) is 1.59. The Morgan fingerprint density at radius 1 is 0.882 bits per heavy atom. The first-order chi connectivity index (χ1) is 16.7. The molecule has 2 heterocycles. The second kappa shape index (κ2) is 9.58. The van der Waals surface area contributed by atoms with E-state index in [4.69, 9.17) is 9.47 Å². The molecule has 1 N–H and O–H groups in total. The lowest BCUT2D eigenvalue weighted by atomic mass is 10.1. The number of nitrogens with zero attached hydrogens (tertiary/aromatic N) is 2. The van der Waals surface area contributed by atoms with Gasteiger partial charge in [0.1, 0.15) is 6.61 Å². The predicted octanol–water partition coefficient (Wildman–Crippen LogP) is 5.55. The summed E-state index contributed by atoms with van der Waals surface area (Å²) in [4.78, 5) is 21.8. The highest BCUT2D eigenvalue weighted by molar-refractivity contribution is 5.95. The van der Waals surface area contributed by atoms with E-state index in [-0.39, 0.29) is 18.9 Å².